The fourth-order valence-electron chi connectivity index (χ4n) is 1.45. The van der Waals surface area contributed by atoms with E-state index in [4.69, 9.17) is 5.11 Å². The van der Waals surface area contributed by atoms with Crippen molar-refractivity contribution in [1.29, 1.82) is 0 Å². The number of carbonyl (C=O) groups is 2. The molecule has 0 spiro atoms. The summed E-state index contributed by atoms with van der Waals surface area (Å²) in [4.78, 5) is 23.2. The summed E-state index contributed by atoms with van der Waals surface area (Å²) in [5.74, 6) is -0.951. The molecule has 1 aliphatic heterocycles. The molecule has 1 heterocycles. The van der Waals surface area contributed by atoms with E-state index in [1.54, 1.807) is 7.05 Å². The number of rotatable bonds is 1. The second kappa shape index (κ2) is 3.56. The number of nitrogens with zero attached hydrogens (tertiary/aromatic N) is 1. The molecule has 0 bridgehead atoms. The lowest BCUT2D eigenvalue weighted by atomic mass is 10.1. The molecule has 68 valence electrons. The predicted octanol–water partition coefficient (Wildman–Crippen LogP) is 0.472. The van der Waals surface area contributed by atoms with Crippen LogP contribution < -0.4 is 0 Å². The Hall–Kier alpha value is -1.06. The van der Waals surface area contributed by atoms with E-state index in [-0.39, 0.29) is 5.91 Å². The number of likely N-dealkylation sites (tertiary alicyclic amines) is 1. The highest BCUT2D eigenvalue weighted by Gasteiger charge is 2.27. The molecule has 0 saturated carbocycles. The molecule has 0 aliphatic carbocycles. The zero-order valence-electron chi connectivity index (χ0n) is 7.12. The monoisotopic (exact) mass is 171 g/mol. The fraction of sp³-hybridized carbons (Fsp3) is 0.750. The van der Waals surface area contributed by atoms with Gasteiger partial charge in [-0.15, -0.1) is 0 Å². The summed E-state index contributed by atoms with van der Waals surface area (Å²) in [6.45, 7) is 0. The van der Waals surface area contributed by atoms with Gasteiger partial charge in [-0.1, -0.05) is 6.42 Å². The summed E-state index contributed by atoms with van der Waals surface area (Å²) in [5.41, 5.74) is 0. The molecular formula is C8H13NO3. The number of likely N-dealkylation sites (N-methyl/N-ethyl adjacent to an activating group) is 1. The summed E-state index contributed by atoms with van der Waals surface area (Å²) in [6, 6.07) is -0.611. The molecule has 4 nitrogen and oxygen atoms in total. The number of carboxylic acid groups (broad SMARTS) is 1. The van der Waals surface area contributed by atoms with Gasteiger partial charge in [0.25, 0.3) is 0 Å². The Bertz CT molecular complexity index is 202. The van der Waals surface area contributed by atoms with Gasteiger partial charge < -0.3 is 10.0 Å². The van der Waals surface area contributed by atoms with Crippen molar-refractivity contribution in [3.05, 3.63) is 0 Å². The van der Waals surface area contributed by atoms with Crippen LogP contribution in [0, 0.1) is 0 Å². The van der Waals surface area contributed by atoms with Crippen molar-refractivity contribution < 1.29 is 14.7 Å². The van der Waals surface area contributed by atoms with E-state index in [1.807, 2.05) is 0 Å². The first-order chi connectivity index (χ1) is 5.63. The van der Waals surface area contributed by atoms with E-state index in [1.165, 1.54) is 4.90 Å². The maximum atomic E-state index is 11.2. The summed E-state index contributed by atoms with van der Waals surface area (Å²) in [6.07, 6.45) is 2.71. The van der Waals surface area contributed by atoms with E-state index in [0.717, 1.165) is 12.8 Å². The molecule has 0 aromatic heterocycles. The van der Waals surface area contributed by atoms with Gasteiger partial charge in [0.05, 0.1) is 0 Å². The van der Waals surface area contributed by atoms with Gasteiger partial charge in [-0.25, -0.2) is 4.79 Å². The van der Waals surface area contributed by atoms with Crippen LogP contribution >= 0.6 is 0 Å². The van der Waals surface area contributed by atoms with Gasteiger partial charge in [-0.2, -0.15) is 0 Å². The van der Waals surface area contributed by atoms with Crippen LogP contribution in [0.4, 0.5) is 0 Å². The molecule has 1 aliphatic rings. The molecule has 1 unspecified atom stereocenters. The van der Waals surface area contributed by atoms with Crippen LogP contribution in [-0.4, -0.2) is 35.0 Å². The molecule has 12 heavy (non-hydrogen) atoms. The van der Waals surface area contributed by atoms with Crippen molar-refractivity contribution in [2.45, 2.75) is 31.7 Å². The van der Waals surface area contributed by atoms with Gasteiger partial charge in [0.2, 0.25) is 5.91 Å². The minimum atomic E-state index is -0.896. The predicted molar refractivity (Wildman–Crippen MR) is 42.7 cm³/mol. The van der Waals surface area contributed by atoms with Crippen LogP contribution in [0.5, 0.6) is 0 Å². The minimum Gasteiger partial charge on any atom is -0.480 e. The largest absolute Gasteiger partial charge is 0.480 e. The third-order valence-electron chi connectivity index (χ3n) is 2.26. The zero-order chi connectivity index (χ0) is 9.14. The number of hydrogen-bond acceptors (Lipinski definition) is 2. The SMILES string of the molecule is CN1C(=O)CCCCC1C(=O)O. The van der Waals surface area contributed by atoms with Crippen LogP contribution in [-0.2, 0) is 9.59 Å². The zero-order valence-corrected chi connectivity index (χ0v) is 7.12. The van der Waals surface area contributed by atoms with Crippen molar-refractivity contribution in [2.24, 2.45) is 0 Å². The third kappa shape index (κ3) is 1.75. The normalized spacial score (nSPS) is 25.2. The molecule has 0 aromatic rings. The molecule has 1 rings (SSSR count). The maximum Gasteiger partial charge on any atom is 0.326 e. The van der Waals surface area contributed by atoms with E-state index in [0.29, 0.717) is 12.8 Å². The molecule has 1 atom stereocenters. The summed E-state index contributed by atoms with van der Waals surface area (Å²) >= 11 is 0. The second-order valence-corrected chi connectivity index (χ2v) is 3.10. The Labute approximate surface area is 71.2 Å². The van der Waals surface area contributed by atoms with Crippen molar-refractivity contribution in [2.75, 3.05) is 7.05 Å². The topological polar surface area (TPSA) is 57.6 Å². The van der Waals surface area contributed by atoms with Crippen molar-refractivity contribution in [3.63, 3.8) is 0 Å². The number of aliphatic carboxylic acids is 1. The molecule has 1 saturated heterocycles. The van der Waals surface area contributed by atoms with Gasteiger partial charge >= 0.3 is 5.97 Å². The Morgan fingerprint density at radius 2 is 2.25 bits per heavy atom. The number of hydrogen-bond donors (Lipinski definition) is 1. The van der Waals surface area contributed by atoms with E-state index in [2.05, 4.69) is 0 Å². The first-order valence-electron chi connectivity index (χ1n) is 4.11. The third-order valence-corrected chi connectivity index (χ3v) is 2.26. The van der Waals surface area contributed by atoms with Crippen LogP contribution in [0.1, 0.15) is 25.7 Å². The van der Waals surface area contributed by atoms with Crippen molar-refractivity contribution >= 4 is 11.9 Å². The quantitative estimate of drug-likeness (QED) is 0.624. The Kier molecular flexibility index (Phi) is 2.68. The Morgan fingerprint density at radius 3 is 2.83 bits per heavy atom. The highest BCUT2D eigenvalue weighted by Crippen LogP contribution is 2.15. The first-order valence-corrected chi connectivity index (χ1v) is 4.11. The van der Waals surface area contributed by atoms with Gasteiger partial charge in [0.15, 0.2) is 0 Å². The van der Waals surface area contributed by atoms with Crippen LogP contribution in [0.2, 0.25) is 0 Å². The standard InChI is InChI=1S/C8H13NO3/c1-9-6(8(11)12)4-2-3-5-7(9)10/h6H,2-5H2,1H3,(H,11,12). The number of carboxylic acids is 1. The molecule has 4 heteroatoms. The maximum absolute atomic E-state index is 11.2. The van der Waals surface area contributed by atoms with Gasteiger partial charge in [0, 0.05) is 13.5 Å². The van der Waals surface area contributed by atoms with E-state index >= 15 is 0 Å². The Balaban J connectivity index is 2.70. The summed E-state index contributed by atoms with van der Waals surface area (Å²) in [5, 5.41) is 8.76. The van der Waals surface area contributed by atoms with Crippen LogP contribution in [0.15, 0.2) is 0 Å². The van der Waals surface area contributed by atoms with E-state index in [9.17, 15) is 9.59 Å². The average Bonchev–Trinajstić information content (AvgIpc) is 2.15. The molecular weight excluding hydrogens is 158 g/mol. The van der Waals surface area contributed by atoms with Crippen molar-refractivity contribution in [3.8, 4) is 0 Å². The minimum absolute atomic E-state index is 0.0556. The van der Waals surface area contributed by atoms with E-state index < -0.39 is 12.0 Å². The highest BCUT2D eigenvalue weighted by molar-refractivity contribution is 5.83. The highest BCUT2D eigenvalue weighted by atomic mass is 16.4. The number of carbonyl (C=O) groups excluding carboxylic acids is 1. The average molecular weight is 171 g/mol. The molecule has 1 amide bonds. The Morgan fingerprint density at radius 1 is 1.58 bits per heavy atom. The smallest absolute Gasteiger partial charge is 0.326 e. The summed E-state index contributed by atoms with van der Waals surface area (Å²) < 4.78 is 0. The van der Waals surface area contributed by atoms with Crippen LogP contribution in [0.3, 0.4) is 0 Å². The molecule has 1 fully saturated rings. The lowest BCUT2D eigenvalue weighted by Crippen LogP contribution is -2.40. The molecule has 0 radical (unpaired) electrons. The second-order valence-electron chi connectivity index (χ2n) is 3.10. The lowest BCUT2D eigenvalue weighted by Gasteiger charge is -2.21. The van der Waals surface area contributed by atoms with Crippen LogP contribution in [0.25, 0.3) is 0 Å². The lowest BCUT2D eigenvalue weighted by molar-refractivity contribution is -0.148. The van der Waals surface area contributed by atoms with Gasteiger partial charge in [-0.3, -0.25) is 4.79 Å². The summed E-state index contributed by atoms with van der Waals surface area (Å²) in [7, 11) is 1.56. The first kappa shape index (κ1) is 9.03. The molecule has 1 N–H and O–H groups in total. The fourth-order valence-corrected chi connectivity index (χ4v) is 1.45. The number of amides is 1. The molecule has 0 aromatic carbocycles. The van der Waals surface area contributed by atoms with Gasteiger partial charge in [-0.05, 0) is 12.8 Å². The van der Waals surface area contributed by atoms with Gasteiger partial charge in [0.1, 0.15) is 6.04 Å². The van der Waals surface area contributed by atoms with Crippen molar-refractivity contribution in [1.82, 2.24) is 4.90 Å².